The maximum Gasteiger partial charge on any atom is 0.184 e. The number of benzene rings is 2. The van der Waals surface area contributed by atoms with Crippen LogP contribution < -0.4 is 4.90 Å². The number of sulfone groups is 1. The van der Waals surface area contributed by atoms with E-state index in [4.69, 9.17) is 5.53 Å². The van der Waals surface area contributed by atoms with Crippen molar-refractivity contribution in [2.24, 2.45) is 5.11 Å². The Balaban J connectivity index is 2.45. The molecule has 1 N–H and O–H groups in total. The lowest BCUT2D eigenvalue weighted by Crippen LogP contribution is -2.11. The average Bonchev–Trinajstić information content (AvgIpc) is 2.48. The predicted octanol–water partition coefficient (Wildman–Crippen LogP) is 4.15. The van der Waals surface area contributed by atoms with E-state index in [0.29, 0.717) is 5.56 Å². The third kappa shape index (κ3) is 3.72. The Labute approximate surface area is 138 Å². The highest BCUT2D eigenvalue weighted by Crippen LogP contribution is 2.31. The van der Waals surface area contributed by atoms with Gasteiger partial charge in [-0.25, -0.2) is 13.9 Å². The number of nitrogens with one attached hydrogen (secondary N) is 1. The van der Waals surface area contributed by atoms with Gasteiger partial charge in [0.05, 0.1) is 10.6 Å². The summed E-state index contributed by atoms with van der Waals surface area (Å²) >= 11 is 3.32. The van der Waals surface area contributed by atoms with Crippen molar-refractivity contribution in [3.05, 3.63) is 52.5 Å². The van der Waals surface area contributed by atoms with Crippen molar-refractivity contribution in [2.75, 3.05) is 19.0 Å². The topological polar surface area (TPSA) is 73.6 Å². The highest BCUT2D eigenvalue weighted by atomic mass is 79.9. The van der Waals surface area contributed by atoms with Gasteiger partial charge < -0.3 is 4.90 Å². The van der Waals surface area contributed by atoms with Crippen LogP contribution in [0.15, 0.2) is 56.9 Å². The second-order valence-corrected chi connectivity index (χ2v) is 7.92. The lowest BCUT2D eigenvalue weighted by Gasteiger charge is -2.15. The Hall–Kier alpha value is -1.73. The van der Waals surface area contributed by atoms with Crippen LogP contribution in [-0.4, -0.2) is 22.5 Å². The van der Waals surface area contributed by atoms with E-state index in [9.17, 15) is 8.42 Å². The molecular weight excluding hydrogens is 366 g/mol. The molecule has 0 heterocycles. The molecule has 0 atom stereocenters. The van der Waals surface area contributed by atoms with Gasteiger partial charge in [-0.05, 0) is 35.9 Å². The van der Waals surface area contributed by atoms with Crippen molar-refractivity contribution in [1.82, 2.24) is 0 Å². The molecule has 0 aliphatic carbocycles. The summed E-state index contributed by atoms with van der Waals surface area (Å²) in [6, 6.07) is 12.0. The van der Waals surface area contributed by atoms with E-state index < -0.39 is 9.84 Å². The van der Waals surface area contributed by atoms with Gasteiger partial charge in [-0.1, -0.05) is 28.1 Å². The molecule has 0 bridgehead atoms. The molecule has 0 aliphatic heterocycles. The highest BCUT2D eigenvalue weighted by Gasteiger charge is 2.20. The smallest absolute Gasteiger partial charge is 0.184 e. The molecule has 0 saturated carbocycles. The molecule has 116 valence electrons. The Morgan fingerprint density at radius 3 is 2.32 bits per heavy atom. The minimum absolute atomic E-state index is 0.0802. The zero-order valence-corrected chi connectivity index (χ0v) is 14.6. The van der Waals surface area contributed by atoms with Crippen LogP contribution in [0, 0.1) is 5.53 Å². The van der Waals surface area contributed by atoms with Gasteiger partial charge in [0.25, 0.3) is 0 Å². The lowest BCUT2D eigenvalue weighted by atomic mass is 10.2. The average molecular weight is 382 g/mol. The largest absolute Gasteiger partial charge is 0.378 e. The van der Waals surface area contributed by atoms with Gasteiger partial charge in [-0.15, -0.1) is 0 Å². The third-order valence-corrected chi connectivity index (χ3v) is 5.42. The summed E-state index contributed by atoms with van der Waals surface area (Å²) in [5.74, 6) is -0.125. The fraction of sp³-hybridized carbons (Fsp3) is 0.200. The number of hydrogen-bond donors (Lipinski definition) is 1. The predicted molar refractivity (Wildman–Crippen MR) is 90.6 cm³/mol. The molecule has 0 saturated heterocycles. The van der Waals surface area contributed by atoms with Gasteiger partial charge in [0.1, 0.15) is 5.69 Å². The Morgan fingerprint density at radius 2 is 1.77 bits per heavy atom. The van der Waals surface area contributed by atoms with Crippen LogP contribution in [0.1, 0.15) is 5.56 Å². The standard InChI is InChI=1S/C15H16BrN3O2S/c1-19(2)13-7-8-14(18-17)15(9-13)22(20,21)10-11-3-5-12(16)6-4-11/h3-9,17H,10H2,1-2H3. The maximum absolute atomic E-state index is 12.7. The maximum atomic E-state index is 12.7. The molecule has 2 aromatic rings. The van der Waals surface area contributed by atoms with E-state index in [2.05, 4.69) is 21.0 Å². The van der Waals surface area contributed by atoms with Gasteiger partial charge >= 0.3 is 0 Å². The molecule has 0 spiro atoms. The number of rotatable bonds is 5. The van der Waals surface area contributed by atoms with Crippen molar-refractivity contribution >= 4 is 37.1 Å². The summed E-state index contributed by atoms with van der Waals surface area (Å²) in [6.07, 6.45) is 0. The normalized spacial score (nSPS) is 11.2. The van der Waals surface area contributed by atoms with Crippen LogP contribution in [-0.2, 0) is 15.6 Å². The van der Waals surface area contributed by atoms with Crippen LogP contribution in [0.25, 0.3) is 0 Å². The minimum atomic E-state index is -3.58. The summed E-state index contributed by atoms with van der Waals surface area (Å²) in [5, 5.41) is 3.34. The van der Waals surface area contributed by atoms with Gasteiger partial charge in [0, 0.05) is 24.3 Å². The fourth-order valence-corrected chi connectivity index (χ4v) is 3.78. The molecule has 0 unspecified atom stereocenters. The summed E-state index contributed by atoms with van der Waals surface area (Å²) in [7, 11) is 0.0820. The first-order chi connectivity index (χ1) is 10.3. The van der Waals surface area contributed by atoms with Crippen LogP contribution in [0.2, 0.25) is 0 Å². The van der Waals surface area contributed by atoms with E-state index in [1.807, 2.05) is 19.0 Å². The first-order valence-corrected chi connectivity index (χ1v) is 8.94. The van der Waals surface area contributed by atoms with Crippen molar-refractivity contribution < 1.29 is 8.42 Å². The molecule has 0 aliphatic rings. The van der Waals surface area contributed by atoms with Gasteiger partial charge in [-0.3, -0.25) is 0 Å². The Bertz CT molecular complexity index is 787. The van der Waals surface area contributed by atoms with E-state index in [0.717, 1.165) is 10.2 Å². The second-order valence-electron chi connectivity index (χ2n) is 5.04. The van der Waals surface area contributed by atoms with Crippen LogP contribution >= 0.6 is 15.9 Å². The number of halogens is 1. The van der Waals surface area contributed by atoms with Gasteiger partial charge in [0.2, 0.25) is 0 Å². The summed E-state index contributed by atoms with van der Waals surface area (Å²) in [5.41, 5.74) is 8.79. The molecule has 0 amide bonds. The van der Waals surface area contributed by atoms with E-state index in [1.54, 1.807) is 42.5 Å². The first kappa shape index (κ1) is 16.6. The molecule has 0 radical (unpaired) electrons. The van der Waals surface area contributed by atoms with Crippen LogP contribution in [0.3, 0.4) is 0 Å². The molecule has 0 fully saturated rings. The van der Waals surface area contributed by atoms with Crippen molar-refractivity contribution in [3.8, 4) is 0 Å². The molecular formula is C15H16BrN3O2S. The van der Waals surface area contributed by atoms with Gasteiger partial charge in [0.15, 0.2) is 9.84 Å². The van der Waals surface area contributed by atoms with Gasteiger partial charge in [-0.2, -0.15) is 5.11 Å². The molecule has 2 rings (SSSR count). The molecule has 7 heteroatoms. The SMILES string of the molecule is CN(C)c1ccc(N=N)c(S(=O)(=O)Cc2ccc(Br)cc2)c1. The van der Waals surface area contributed by atoms with E-state index in [1.165, 1.54) is 0 Å². The second kappa shape index (κ2) is 6.58. The van der Waals surface area contributed by atoms with Crippen molar-refractivity contribution in [3.63, 3.8) is 0 Å². The molecule has 22 heavy (non-hydrogen) atoms. The summed E-state index contributed by atoms with van der Waals surface area (Å²) < 4.78 is 26.2. The van der Waals surface area contributed by atoms with E-state index in [-0.39, 0.29) is 16.3 Å². The van der Waals surface area contributed by atoms with Crippen molar-refractivity contribution in [2.45, 2.75) is 10.6 Å². The zero-order chi connectivity index (χ0) is 16.3. The molecule has 2 aromatic carbocycles. The first-order valence-electron chi connectivity index (χ1n) is 6.49. The number of anilines is 1. The zero-order valence-electron chi connectivity index (χ0n) is 12.2. The quantitative estimate of drug-likeness (QED) is 0.790. The molecule has 5 nitrogen and oxygen atoms in total. The van der Waals surface area contributed by atoms with Crippen LogP contribution in [0.4, 0.5) is 11.4 Å². The summed E-state index contributed by atoms with van der Waals surface area (Å²) in [6.45, 7) is 0. The minimum Gasteiger partial charge on any atom is -0.378 e. The number of hydrogen-bond acceptors (Lipinski definition) is 5. The lowest BCUT2D eigenvalue weighted by molar-refractivity contribution is 0.595. The Kier molecular flexibility index (Phi) is 4.97. The number of nitrogens with zero attached hydrogens (tertiary/aromatic N) is 2. The summed E-state index contributed by atoms with van der Waals surface area (Å²) in [4.78, 5) is 1.89. The third-order valence-electron chi connectivity index (χ3n) is 3.19. The van der Waals surface area contributed by atoms with E-state index >= 15 is 0 Å². The van der Waals surface area contributed by atoms with Crippen LogP contribution in [0.5, 0.6) is 0 Å². The monoisotopic (exact) mass is 381 g/mol. The highest BCUT2D eigenvalue weighted by molar-refractivity contribution is 9.10. The molecule has 0 aromatic heterocycles. The fourth-order valence-electron chi connectivity index (χ4n) is 2.00. The van der Waals surface area contributed by atoms with Crippen molar-refractivity contribution in [1.29, 1.82) is 5.53 Å². The Morgan fingerprint density at radius 1 is 1.14 bits per heavy atom.